The molecule has 1 saturated heterocycles. The molecule has 24 heavy (non-hydrogen) atoms. The Hall–Kier alpha value is -1.11. The van der Waals surface area contributed by atoms with Gasteiger partial charge in [-0.05, 0) is 57.4 Å². The molecule has 1 aromatic carbocycles. The number of hydrogen-bond donors (Lipinski definition) is 1. The Morgan fingerprint density at radius 3 is 2.54 bits per heavy atom. The third-order valence-electron chi connectivity index (χ3n) is 4.55. The lowest BCUT2D eigenvalue weighted by Gasteiger charge is -2.33. The van der Waals surface area contributed by atoms with Gasteiger partial charge in [0.25, 0.3) is 0 Å². The zero-order valence-electron chi connectivity index (χ0n) is 14.4. The van der Waals surface area contributed by atoms with Crippen molar-refractivity contribution < 1.29 is 13.2 Å². The molecule has 1 aromatic rings. The number of rotatable bonds is 5. The Morgan fingerprint density at radius 2 is 1.96 bits per heavy atom. The van der Waals surface area contributed by atoms with Crippen molar-refractivity contribution in [3.05, 3.63) is 29.3 Å². The van der Waals surface area contributed by atoms with Crippen molar-refractivity contribution in [1.82, 2.24) is 9.62 Å². The summed E-state index contributed by atoms with van der Waals surface area (Å²) in [7, 11) is -3.60. The van der Waals surface area contributed by atoms with E-state index in [9.17, 15) is 13.2 Å². The van der Waals surface area contributed by atoms with E-state index >= 15 is 0 Å². The van der Waals surface area contributed by atoms with Crippen molar-refractivity contribution >= 4 is 27.5 Å². The number of carbonyl (C=O) groups is 1. The molecule has 1 aliphatic rings. The van der Waals surface area contributed by atoms with Crippen molar-refractivity contribution in [1.29, 1.82) is 0 Å². The standard InChI is InChI=1S/C17H25ClN2O3S/c1-4-17(2,3)19-16(21)13-6-5-11-20(12-13)24(22,23)15-9-7-14(18)8-10-15/h7-10,13H,4-6,11-12H2,1-3H3,(H,19,21). The molecule has 2 rings (SSSR count). The van der Waals surface area contributed by atoms with Crippen LogP contribution >= 0.6 is 11.6 Å². The van der Waals surface area contributed by atoms with Crippen molar-refractivity contribution in [2.24, 2.45) is 5.92 Å². The van der Waals surface area contributed by atoms with Gasteiger partial charge in [-0.25, -0.2) is 8.42 Å². The van der Waals surface area contributed by atoms with Crippen LogP contribution in [0.4, 0.5) is 0 Å². The molecule has 1 unspecified atom stereocenters. The topological polar surface area (TPSA) is 66.5 Å². The number of halogens is 1. The van der Waals surface area contributed by atoms with Crippen molar-refractivity contribution in [2.45, 2.75) is 50.5 Å². The highest BCUT2D eigenvalue weighted by atomic mass is 35.5. The molecule has 7 heteroatoms. The van der Waals surface area contributed by atoms with Gasteiger partial charge in [0.2, 0.25) is 15.9 Å². The number of benzene rings is 1. The summed E-state index contributed by atoms with van der Waals surface area (Å²) < 4.78 is 26.9. The van der Waals surface area contributed by atoms with Gasteiger partial charge in [0.1, 0.15) is 0 Å². The van der Waals surface area contributed by atoms with E-state index in [2.05, 4.69) is 5.32 Å². The van der Waals surface area contributed by atoms with Crippen LogP contribution in [-0.2, 0) is 14.8 Å². The van der Waals surface area contributed by atoms with E-state index in [1.807, 2.05) is 20.8 Å². The van der Waals surface area contributed by atoms with Crippen LogP contribution in [0.25, 0.3) is 0 Å². The zero-order valence-corrected chi connectivity index (χ0v) is 16.0. The van der Waals surface area contributed by atoms with Crippen LogP contribution in [0.3, 0.4) is 0 Å². The van der Waals surface area contributed by atoms with Crippen LogP contribution < -0.4 is 5.32 Å². The first-order chi connectivity index (χ1) is 11.2. The fourth-order valence-corrected chi connectivity index (χ4v) is 4.30. The van der Waals surface area contributed by atoms with Gasteiger partial charge < -0.3 is 5.32 Å². The average Bonchev–Trinajstić information content (AvgIpc) is 2.55. The van der Waals surface area contributed by atoms with Crippen molar-refractivity contribution in [2.75, 3.05) is 13.1 Å². The number of nitrogens with zero attached hydrogens (tertiary/aromatic N) is 1. The zero-order chi connectivity index (χ0) is 18.0. The lowest BCUT2D eigenvalue weighted by Crippen LogP contribution is -2.50. The third kappa shape index (κ3) is 4.49. The first kappa shape index (κ1) is 19.2. The smallest absolute Gasteiger partial charge is 0.243 e. The van der Waals surface area contributed by atoms with Crippen LogP contribution in [0.15, 0.2) is 29.2 Å². The van der Waals surface area contributed by atoms with E-state index < -0.39 is 10.0 Å². The molecule has 0 aromatic heterocycles. The quantitative estimate of drug-likeness (QED) is 0.863. The molecule has 0 radical (unpaired) electrons. The number of piperidine rings is 1. The predicted molar refractivity (Wildman–Crippen MR) is 95.4 cm³/mol. The molecule has 1 aliphatic heterocycles. The Morgan fingerprint density at radius 1 is 1.33 bits per heavy atom. The van der Waals surface area contributed by atoms with Gasteiger partial charge in [-0.2, -0.15) is 4.31 Å². The van der Waals surface area contributed by atoms with Gasteiger partial charge in [-0.1, -0.05) is 18.5 Å². The highest BCUT2D eigenvalue weighted by Gasteiger charge is 2.34. The molecule has 0 aliphatic carbocycles. The predicted octanol–water partition coefficient (Wildman–Crippen LogP) is 3.05. The molecule has 0 bridgehead atoms. The number of hydrogen-bond acceptors (Lipinski definition) is 3. The van der Waals surface area contributed by atoms with Crippen molar-refractivity contribution in [3.63, 3.8) is 0 Å². The highest BCUT2D eigenvalue weighted by Crippen LogP contribution is 2.25. The van der Waals surface area contributed by atoms with Crippen LogP contribution in [-0.4, -0.2) is 37.3 Å². The monoisotopic (exact) mass is 372 g/mol. The second kappa shape index (κ2) is 7.42. The normalized spacial score (nSPS) is 19.9. The van der Waals surface area contributed by atoms with E-state index in [0.29, 0.717) is 24.4 Å². The summed E-state index contributed by atoms with van der Waals surface area (Å²) in [5.41, 5.74) is -0.283. The van der Waals surface area contributed by atoms with Crippen molar-refractivity contribution in [3.8, 4) is 0 Å². The van der Waals surface area contributed by atoms with Gasteiger partial charge in [0.05, 0.1) is 10.8 Å². The van der Waals surface area contributed by atoms with Gasteiger partial charge >= 0.3 is 0 Å². The Bertz CT molecular complexity index is 686. The minimum Gasteiger partial charge on any atom is -0.351 e. The molecule has 5 nitrogen and oxygen atoms in total. The van der Waals surface area contributed by atoms with E-state index in [-0.39, 0.29) is 28.8 Å². The van der Waals surface area contributed by atoms with Gasteiger partial charge in [0, 0.05) is 23.7 Å². The summed E-state index contributed by atoms with van der Waals surface area (Å²) in [5.74, 6) is -0.385. The average molecular weight is 373 g/mol. The molecule has 134 valence electrons. The van der Waals surface area contributed by atoms with Gasteiger partial charge in [0.15, 0.2) is 0 Å². The molecule has 1 amide bonds. The molecule has 1 fully saturated rings. The Balaban J connectivity index is 2.12. The number of carbonyl (C=O) groups excluding carboxylic acids is 1. The van der Waals surface area contributed by atoms with Gasteiger partial charge in [-0.3, -0.25) is 4.79 Å². The van der Waals surface area contributed by atoms with E-state index in [1.54, 1.807) is 12.1 Å². The lowest BCUT2D eigenvalue weighted by atomic mass is 9.95. The van der Waals surface area contributed by atoms with E-state index in [1.165, 1.54) is 16.4 Å². The number of amides is 1. The summed E-state index contributed by atoms with van der Waals surface area (Å²) in [6.07, 6.45) is 2.20. The molecule has 1 N–H and O–H groups in total. The lowest BCUT2D eigenvalue weighted by molar-refractivity contribution is -0.127. The largest absolute Gasteiger partial charge is 0.351 e. The second-order valence-corrected chi connectivity index (χ2v) is 9.26. The third-order valence-corrected chi connectivity index (χ3v) is 6.68. The fraction of sp³-hybridized carbons (Fsp3) is 0.588. The summed E-state index contributed by atoms with van der Waals surface area (Å²) in [5, 5.41) is 3.51. The first-order valence-corrected chi connectivity index (χ1v) is 10.1. The van der Waals surface area contributed by atoms with E-state index in [0.717, 1.165) is 6.42 Å². The SMILES string of the molecule is CCC(C)(C)NC(=O)C1CCCN(S(=O)(=O)c2ccc(Cl)cc2)C1. The summed E-state index contributed by atoms with van der Waals surface area (Å²) in [6.45, 7) is 6.60. The van der Waals surface area contributed by atoms with Crippen LogP contribution in [0.1, 0.15) is 40.0 Å². The Labute approximate surface area is 149 Å². The Kier molecular flexibility index (Phi) is 5.94. The maximum Gasteiger partial charge on any atom is 0.243 e. The van der Waals surface area contributed by atoms with Gasteiger partial charge in [-0.15, -0.1) is 0 Å². The van der Waals surface area contributed by atoms with Crippen LogP contribution in [0, 0.1) is 5.92 Å². The number of nitrogens with one attached hydrogen (secondary N) is 1. The molecule has 1 heterocycles. The van der Waals surface area contributed by atoms with E-state index in [4.69, 9.17) is 11.6 Å². The number of sulfonamides is 1. The summed E-state index contributed by atoms with van der Waals surface area (Å²) >= 11 is 5.83. The van der Waals surface area contributed by atoms with Crippen LogP contribution in [0.5, 0.6) is 0 Å². The van der Waals surface area contributed by atoms with Crippen LogP contribution in [0.2, 0.25) is 5.02 Å². The molecule has 0 saturated carbocycles. The first-order valence-electron chi connectivity index (χ1n) is 8.23. The minimum absolute atomic E-state index is 0.0714. The molecule has 0 spiro atoms. The summed E-state index contributed by atoms with van der Waals surface area (Å²) in [6, 6.07) is 6.13. The minimum atomic E-state index is -3.60. The maximum atomic E-state index is 12.8. The highest BCUT2D eigenvalue weighted by molar-refractivity contribution is 7.89. The fourth-order valence-electron chi connectivity index (χ4n) is 2.65. The second-order valence-electron chi connectivity index (χ2n) is 6.88. The molecular weight excluding hydrogens is 348 g/mol. The maximum absolute atomic E-state index is 12.8. The molecular formula is C17H25ClN2O3S. The molecule has 1 atom stereocenters. The summed E-state index contributed by atoms with van der Waals surface area (Å²) in [4.78, 5) is 12.7.